The normalized spacial score (nSPS) is 13.9. The molecule has 7 nitrogen and oxygen atoms in total. The molecule has 0 saturated carbocycles. The van der Waals surface area contributed by atoms with Gasteiger partial charge >= 0.3 is 0 Å². The first-order valence-corrected chi connectivity index (χ1v) is 9.72. The lowest BCUT2D eigenvalue weighted by Crippen LogP contribution is -2.36. The first kappa shape index (κ1) is 18.9. The van der Waals surface area contributed by atoms with Gasteiger partial charge in [0.1, 0.15) is 0 Å². The van der Waals surface area contributed by atoms with E-state index in [2.05, 4.69) is 15.5 Å². The molecule has 0 atom stereocenters. The van der Waals surface area contributed by atoms with Crippen molar-refractivity contribution in [3.05, 3.63) is 65.5 Å². The van der Waals surface area contributed by atoms with Crippen LogP contribution in [0.5, 0.6) is 0 Å². The molecule has 1 aliphatic heterocycles. The van der Waals surface area contributed by atoms with Crippen LogP contribution in [0.25, 0.3) is 11.5 Å². The molecule has 2 aromatic carbocycles. The summed E-state index contributed by atoms with van der Waals surface area (Å²) in [4.78, 5) is 31.7. The summed E-state index contributed by atoms with van der Waals surface area (Å²) >= 11 is 0. The monoisotopic (exact) mass is 390 g/mol. The number of aromatic nitrogens is 2. The van der Waals surface area contributed by atoms with Crippen LogP contribution in [0, 0.1) is 6.92 Å². The van der Waals surface area contributed by atoms with Crippen molar-refractivity contribution in [1.29, 1.82) is 0 Å². The van der Waals surface area contributed by atoms with Crippen molar-refractivity contribution in [3.63, 3.8) is 0 Å². The standard InChI is InChI=1S/C22H22N4O3/c1-15-23-21(29-25-15)17-11-9-16(10-12-17)20(27)24-19-8-4-3-7-18(19)22(28)26-13-5-2-6-14-26/h3-4,7-12H,2,5-6,13-14H2,1H3,(H,24,27). The molecule has 1 aliphatic rings. The van der Waals surface area contributed by atoms with Gasteiger partial charge in [-0.05, 0) is 62.6 Å². The zero-order chi connectivity index (χ0) is 20.2. The van der Waals surface area contributed by atoms with Gasteiger partial charge in [-0.2, -0.15) is 4.98 Å². The second-order valence-electron chi connectivity index (χ2n) is 7.08. The number of amides is 2. The van der Waals surface area contributed by atoms with Crippen molar-refractivity contribution in [2.75, 3.05) is 18.4 Å². The van der Waals surface area contributed by atoms with Gasteiger partial charge in [-0.3, -0.25) is 9.59 Å². The first-order chi connectivity index (χ1) is 14.1. The molecule has 7 heteroatoms. The van der Waals surface area contributed by atoms with Crippen molar-refractivity contribution < 1.29 is 14.1 Å². The Labute approximate surface area is 168 Å². The summed E-state index contributed by atoms with van der Waals surface area (Å²) in [6, 6.07) is 14.0. The number of carbonyl (C=O) groups excluding carboxylic acids is 2. The third kappa shape index (κ3) is 4.18. The molecule has 0 aliphatic carbocycles. The average Bonchev–Trinajstić information content (AvgIpc) is 3.20. The highest BCUT2D eigenvalue weighted by Crippen LogP contribution is 2.22. The number of likely N-dealkylation sites (tertiary alicyclic amines) is 1. The van der Waals surface area contributed by atoms with E-state index in [0.717, 1.165) is 37.9 Å². The van der Waals surface area contributed by atoms with Crippen molar-refractivity contribution in [3.8, 4) is 11.5 Å². The lowest BCUT2D eigenvalue weighted by molar-refractivity contribution is 0.0725. The molecule has 148 valence electrons. The van der Waals surface area contributed by atoms with Crippen molar-refractivity contribution in [2.45, 2.75) is 26.2 Å². The summed E-state index contributed by atoms with van der Waals surface area (Å²) in [5.41, 5.74) is 2.25. The van der Waals surface area contributed by atoms with Crippen LogP contribution < -0.4 is 5.32 Å². The Morgan fingerprint density at radius 1 is 1.00 bits per heavy atom. The Bertz CT molecular complexity index is 1020. The maximum atomic E-state index is 12.9. The maximum absolute atomic E-state index is 12.9. The number of nitrogens with one attached hydrogen (secondary N) is 1. The molecule has 0 spiro atoms. The number of hydrogen-bond donors (Lipinski definition) is 1. The summed E-state index contributed by atoms with van der Waals surface area (Å²) in [6.45, 7) is 3.27. The van der Waals surface area contributed by atoms with E-state index in [0.29, 0.717) is 28.5 Å². The highest BCUT2D eigenvalue weighted by Gasteiger charge is 2.21. The molecule has 0 bridgehead atoms. The number of rotatable bonds is 4. The Balaban J connectivity index is 1.50. The van der Waals surface area contributed by atoms with Gasteiger partial charge in [0, 0.05) is 24.2 Å². The highest BCUT2D eigenvalue weighted by atomic mass is 16.5. The SMILES string of the molecule is Cc1noc(-c2ccc(C(=O)Nc3ccccc3C(=O)N3CCCCC3)cc2)n1. The van der Waals surface area contributed by atoms with Gasteiger partial charge in [0.25, 0.3) is 17.7 Å². The molecule has 1 aromatic heterocycles. The summed E-state index contributed by atoms with van der Waals surface area (Å²) in [7, 11) is 0. The van der Waals surface area contributed by atoms with Crippen LogP contribution in [-0.4, -0.2) is 39.9 Å². The molecule has 3 aromatic rings. The van der Waals surface area contributed by atoms with E-state index in [-0.39, 0.29) is 11.8 Å². The van der Waals surface area contributed by atoms with Gasteiger partial charge in [0.05, 0.1) is 11.3 Å². The molecule has 29 heavy (non-hydrogen) atoms. The number of carbonyl (C=O) groups is 2. The average molecular weight is 390 g/mol. The van der Waals surface area contributed by atoms with E-state index in [9.17, 15) is 9.59 Å². The molecular weight excluding hydrogens is 368 g/mol. The second kappa shape index (κ2) is 8.26. The number of piperidine rings is 1. The van der Waals surface area contributed by atoms with E-state index in [1.807, 2.05) is 17.0 Å². The molecule has 2 heterocycles. The molecule has 1 N–H and O–H groups in total. The van der Waals surface area contributed by atoms with Crippen LogP contribution >= 0.6 is 0 Å². The van der Waals surface area contributed by atoms with Crippen LogP contribution in [0.3, 0.4) is 0 Å². The Morgan fingerprint density at radius 3 is 2.41 bits per heavy atom. The minimum absolute atomic E-state index is 0.0392. The van der Waals surface area contributed by atoms with Gasteiger partial charge < -0.3 is 14.7 Å². The van der Waals surface area contributed by atoms with E-state index >= 15 is 0 Å². The molecule has 1 fully saturated rings. The lowest BCUT2D eigenvalue weighted by Gasteiger charge is -2.27. The number of benzene rings is 2. The van der Waals surface area contributed by atoms with E-state index in [4.69, 9.17) is 4.52 Å². The smallest absolute Gasteiger partial charge is 0.257 e. The molecule has 0 unspecified atom stereocenters. The van der Waals surface area contributed by atoms with Crippen molar-refractivity contribution in [1.82, 2.24) is 15.0 Å². The molecular formula is C22H22N4O3. The van der Waals surface area contributed by atoms with E-state index in [1.54, 1.807) is 43.3 Å². The third-order valence-electron chi connectivity index (χ3n) is 4.97. The number of para-hydroxylation sites is 1. The minimum atomic E-state index is -0.280. The summed E-state index contributed by atoms with van der Waals surface area (Å²) in [6.07, 6.45) is 3.19. The maximum Gasteiger partial charge on any atom is 0.257 e. The second-order valence-corrected chi connectivity index (χ2v) is 7.08. The van der Waals surface area contributed by atoms with Crippen molar-refractivity contribution in [2.24, 2.45) is 0 Å². The minimum Gasteiger partial charge on any atom is -0.339 e. The fourth-order valence-electron chi connectivity index (χ4n) is 3.42. The Hall–Kier alpha value is -3.48. The summed E-state index contributed by atoms with van der Waals surface area (Å²) in [5, 5.41) is 6.64. The third-order valence-corrected chi connectivity index (χ3v) is 4.97. The van der Waals surface area contributed by atoms with Gasteiger partial charge in [-0.15, -0.1) is 0 Å². The molecule has 4 rings (SSSR count). The van der Waals surface area contributed by atoms with Crippen LogP contribution in [-0.2, 0) is 0 Å². The van der Waals surface area contributed by atoms with E-state index < -0.39 is 0 Å². The van der Waals surface area contributed by atoms with Crippen LogP contribution in [0.2, 0.25) is 0 Å². The van der Waals surface area contributed by atoms with Crippen molar-refractivity contribution >= 4 is 17.5 Å². The first-order valence-electron chi connectivity index (χ1n) is 9.72. The molecule has 0 radical (unpaired) electrons. The van der Waals surface area contributed by atoms with Gasteiger partial charge in [0.2, 0.25) is 0 Å². The number of nitrogens with zero attached hydrogens (tertiary/aromatic N) is 3. The largest absolute Gasteiger partial charge is 0.339 e. The van der Waals surface area contributed by atoms with E-state index in [1.165, 1.54) is 0 Å². The fraction of sp³-hybridized carbons (Fsp3) is 0.273. The predicted octanol–water partition coefficient (Wildman–Crippen LogP) is 3.92. The van der Waals surface area contributed by atoms with Gasteiger partial charge in [-0.25, -0.2) is 0 Å². The Kier molecular flexibility index (Phi) is 5.37. The molecule has 2 amide bonds. The van der Waals surface area contributed by atoms with Crippen LogP contribution in [0.15, 0.2) is 53.1 Å². The number of anilines is 1. The quantitative estimate of drug-likeness (QED) is 0.729. The predicted molar refractivity (Wildman–Crippen MR) is 109 cm³/mol. The van der Waals surface area contributed by atoms with Crippen LogP contribution in [0.4, 0.5) is 5.69 Å². The van der Waals surface area contributed by atoms with Gasteiger partial charge in [-0.1, -0.05) is 17.3 Å². The lowest BCUT2D eigenvalue weighted by atomic mass is 10.1. The fourth-order valence-corrected chi connectivity index (χ4v) is 3.42. The zero-order valence-corrected chi connectivity index (χ0v) is 16.2. The Morgan fingerprint density at radius 2 is 1.72 bits per heavy atom. The summed E-state index contributed by atoms with van der Waals surface area (Å²) in [5.74, 6) is 0.642. The molecule has 1 saturated heterocycles. The topological polar surface area (TPSA) is 88.3 Å². The van der Waals surface area contributed by atoms with Gasteiger partial charge in [0.15, 0.2) is 5.82 Å². The zero-order valence-electron chi connectivity index (χ0n) is 16.2. The van der Waals surface area contributed by atoms with Crippen LogP contribution in [0.1, 0.15) is 45.8 Å². The highest BCUT2D eigenvalue weighted by molar-refractivity contribution is 6.09. The summed E-state index contributed by atoms with van der Waals surface area (Å²) < 4.78 is 5.14. The number of hydrogen-bond acceptors (Lipinski definition) is 5. The number of aryl methyl sites for hydroxylation is 1.